The van der Waals surface area contributed by atoms with Crippen molar-refractivity contribution in [3.63, 3.8) is 0 Å². The van der Waals surface area contributed by atoms with Gasteiger partial charge in [0.25, 0.3) is 0 Å². The fraction of sp³-hybridized carbons (Fsp3) is 0.667. The van der Waals surface area contributed by atoms with Gasteiger partial charge in [-0.2, -0.15) is 0 Å². The molecular weight excluding hydrogens is 284 g/mol. The van der Waals surface area contributed by atoms with Crippen molar-refractivity contribution in [2.45, 2.75) is 12.5 Å². The van der Waals surface area contributed by atoms with Crippen LogP contribution in [0.25, 0.3) is 0 Å². The zero-order valence-corrected chi connectivity index (χ0v) is 13.2. The summed E-state index contributed by atoms with van der Waals surface area (Å²) in [6.45, 7) is 7.86. The Balaban J connectivity index is 1.28. The van der Waals surface area contributed by atoms with Gasteiger partial charge in [0.1, 0.15) is 0 Å². The van der Waals surface area contributed by atoms with E-state index >= 15 is 0 Å². The first-order valence-corrected chi connectivity index (χ1v) is 8.65. The molecule has 0 spiro atoms. The van der Waals surface area contributed by atoms with Gasteiger partial charge in [-0.3, -0.25) is 14.6 Å². The summed E-state index contributed by atoms with van der Waals surface area (Å²) >= 11 is 1.75. The molecule has 1 amide bonds. The fourth-order valence-electron chi connectivity index (χ4n) is 2.99. The lowest BCUT2D eigenvalue weighted by Crippen LogP contribution is -2.63. The van der Waals surface area contributed by atoms with Gasteiger partial charge in [0, 0.05) is 56.7 Å². The summed E-state index contributed by atoms with van der Waals surface area (Å²) < 4.78 is 0. The van der Waals surface area contributed by atoms with Gasteiger partial charge in [-0.15, -0.1) is 11.3 Å². The third-order valence-electron chi connectivity index (χ3n) is 4.25. The summed E-state index contributed by atoms with van der Waals surface area (Å²) in [5.41, 5.74) is 0. The van der Waals surface area contributed by atoms with Crippen molar-refractivity contribution in [3.05, 3.63) is 22.4 Å². The van der Waals surface area contributed by atoms with Crippen molar-refractivity contribution in [2.24, 2.45) is 0 Å². The molecule has 0 bridgehead atoms. The molecule has 2 fully saturated rings. The third-order valence-corrected chi connectivity index (χ3v) is 5.18. The second-order valence-electron chi connectivity index (χ2n) is 5.81. The standard InChI is InChI=1S/C15H24N4OS/c20-15(17-4-3-14-2-1-9-21-14)12-18-10-13(11-18)19-7-5-16-6-8-19/h1-2,9,13,16H,3-8,10-12H2,(H,17,20). The molecule has 0 aromatic carbocycles. The number of likely N-dealkylation sites (tertiary alicyclic amines) is 1. The van der Waals surface area contributed by atoms with E-state index in [9.17, 15) is 4.79 Å². The van der Waals surface area contributed by atoms with Gasteiger partial charge >= 0.3 is 0 Å². The predicted octanol–water partition coefficient (Wildman–Crippen LogP) is -0.00380. The lowest BCUT2D eigenvalue weighted by molar-refractivity contribution is -0.124. The summed E-state index contributed by atoms with van der Waals surface area (Å²) in [5.74, 6) is 0.158. The topological polar surface area (TPSA) is 47.6 Å². The number of nitrogens with zero attached hydrogens (tertiary/aromatic N) is 2. The van der Waals surface area contributed by atoms with E-state index in [1.54, 1.807) is 11.3 Å². The molecule has 1 aromatic heterocycles. The van der Waals surface area contributed by atoms with Crippen LogP contribution in [0.3, 0.4) is 0 Å². The van der Waals surface area contributed by atoms with E-state index in [-0.39, 0.29) is 5.91 Å². The number of hydrogen-bond acceptors (Lipinski definition) is 5. The van der Waals surface area contributed by atoms with Crippen LogP contribution in [-0.4, -0.2) is 74.1 Å². The second kappa shape index (κ2) is 7.35. The highest BCUT2D eigenvalue weighted by atomic mass is 32.1. The van der Waals surface area contributed by atoms with E-state index in [2.05, 4.69) is 37.9 Å². The normalized spacial score (nSPS) is 21.1. The average Bonchev–Trinajstić information content (AvgIpc) is 2.96. The zero-order valence-electron chi connectivity index (χ0n) is 12.4. The van der Waals surface area contributed by atoms with E-state index in [0.717, 1.165) is 52.2 Å². The summed E-state index contributed by atoms with van der Waals surface area (Å²) in [4.78, 5) is 18.0. The van der Waals surface area contributed by atoms with Crippen molar-refractivity contribution in [1.29, 1.82) is 0 Å². The first-order valence-electron chi connectivity index (χ1n) is 7.77. The molecule has 3 rings (SSSR count). The van der Waals surface area contributed by atoms with Crippen molar-refractivity contribution in [3.8, 4) is 0 Å². The molecule has 3 heterocycles. The summed E-state index contributed by atoms with van der Waals surface area (Å²) in [7, 11) is 0. The minimum Gasteiger partial charge on any atom is -0.355 e. The molecule has 0 unspecified atom stereocenters. The molecule has 2 aliphatic heterocycles. The molecule has 5 nitrogen and oxygen atoms in total. The lowest BCUT2D eigenvalue weighted by Gasteiger charge is -2.46. The molecule has 1 aromatic rings. The van der Waals surface area contributed by atoms with E-state index < -0.39 is 0 Å². The molecule has 21 heavy (non-hydrogen) atoms. The first-order chi connectivity index (χ1) is 10.3. The number of rotatable bonds is 6. The van der Waals surface area contributed by atoms with Crippen LogP contribution in [0, 0.1) is 0 Å². The number of amides is 1. The maximum Gasteiger partial charge on any atom is 0.234 e. The molecule has 0 saturated carbocycles. The Morgan fingerprint density at radius 3 is 2.90 bits per heavy atom. The quantitative estimate of drug-likeness (QED) is 0.776. The third kappa shape index (κ3) is 4.26. The number of piperazine rings is 1. The van der Waals surface area contributed by atoms with Crippen LogP contribution in [0.1, 0.15) is 4.88 Å². The van der Waals surface area contributed by atoms with E-state index in [4.69, 9.17) is 0 Å². The van der Waals surface area contributed by atoms with Gasteiger partial charge in [0.15, 0.2) is 0 Å². The monoisotopic (exact) mass is 308 g/mol. The number of nitrogens with one attached hydrogen (secondary N) is 2. The van der Waals surface area contributed by atoms with Crippen molar-refractivity contribution < 1.29 is 4.79 Å². The Kier molecular flexibility index (Phi) is 5.24. The molecule has 6 heteroatoms. The van der Waals surface area contributed by atoms with E-state index in [1.165, 1.54) is 4.88 Å². The number of hydrogen-bond donors (Lipinski definition) is 2. The Morgan fingerprint density at radius 1 is 1.38 bits per heavy atom. The number of thiophene rings is 1. The Morgan fingerprint density at radius 2 is 2.19 bits per heavy atom. The van der Waals surface area contributed by atoms with Gasteiger partial charge in [-0.25, -0.2) is 0 Å². The largest absolute Gasteiger partial charge is 0.355 e. The molecule has 0 atom stereocenters. The average molecular weight is 308 g/mol. The molecular formula is C15H24N4OS. The van der Waals surface area contributed by atoms with Gasteiger partial charge in [0.2, 0.25) is 5.91 Å². The van der Waals surface area contributed by atoms with E-state index in [1.807, 2.05) is 0 Å². The van der Waals surface area contributed by atoms with Crippen molar-refractivity contribution in [2.75, 3.05) is 52.4 Å². The second-order valence-corrected chi connectivity index (χ2v) is 6.85. The molecule has 2 aliphatic rings. The maximum absolute atomic E-state index is 11.9. The Hall–Kier alpha value is -0.950. The summed E-state index contributed by atoms with van der Waals surface area (Å²) in [6, 6.07) is 4.83. The number of carbonyl (C=O) groups excluding carboxylic acids is 1. The fourth-order valence-corrected chi connectivity index (χ4v) is 3.70. The predicted molar refractivity (Wildman–Crippen MR) is 85.7 cm³/mol. The first kappa shape index (κ1) is 15.0. The smallest absolute Gasteiger partial charge is 0.234 e. The lowest BCUT2D eigenvalue weighted by atomic mass is 10.1. The van der Waals surface area contributed by atoms with Crippen LogP contribution in [0.5, 0.6) is 0 Å². The molecule has 116 valence electrons. The summed E-state index contributed by atoms with van der Waals surface area (Å²) in [5, 5.41) is 8.47. The van der Waals surface area contributed by atoms with Crippen LogP contribution in [0.4, 0.5) is 0 Å². The van der Waals surface area contributed by atoms with Crippen LogP contribution in [-0.2, 0) is 11.2 Å². The highest BCUT2D eigenvalue weighted by molar-refractivity contribution is 7.09. The minimum atomic E-state index is 0.158. The van der Waals surface area contributed by atoms with Gasteiger partial charge in [0.05, 0.1) is 6.54 Å². The molecule has 2 N–H and O–H groups in total. The van der Waals surface area contributed by atoms with Gasteiger partial charge < -0.3 is 10.6 Å². The zero-order chi connectivity index (χ0) is 14.5. The van der Waals surface area contributed by atoms with Crippen LogP contribution in [0.15, 0.2) is 17.5 Å². The molecule has 0 radical (unpaired) electrons. The van der Waals surface area contributed by atoms with Crippen LogP contribution < -0.4 is 10.6 Å². The molecule has 0 aliphatic carbocycles. The van der Waals surface area contributed by atoms with Crippen molar-refractivity contribution in [1.82, 2.24) is 20.4 Å². The summed E-state index contributed by atoms with van der Waals surface area (Å²) in [6.07, 6.45) is 0.937. The minimum absolute atomic E-state index is 0.158. The van der Waals surface area contributed by atoms with Crippen molar-refractivity contribution >= 4 is 17.2 Å². The highest BCUT2D eigenvalue weighted by Crippen LogP contribution is 2.14. The SMILES string of the molecule is O=C(CN1CC(N2CCNCC2)C1)NCCc1cccs1. The Bertz CT molecular complexity index is 439. The highest BCUT2D eigenvalue weighted by Gasteiger charge is 2.32. The Labute approximate surface area is 130 Å². The van der Waals surface area contributed by atoms with Crippen LogP contribution >= 0.6 is 11.3 Å². The van der Waals surface area contributed by atoms with Gasteiger partial charge in [-0.1, -0.05) is 6.07 Å². The van der Waals surface area contributed by atoms with E-state index in [0.29, 0.717) is 12.6 Å². The van der Waals surface area contributed by atoms with Crippen LogP contribution in [0.2, 0.25) is 0 Å². The number of carbonyl (C=O) groups is 1. The molecule has 2 saturated heterocycles. The maximum atomic E-state index is 11.9. The van der Waals surface area contributed by atoms with Gasteiger partial charge in [-0.05, 0) is 17.9 Å².